The van der Waals surface area contributed by atoms with Gasteiger partial charge in [0.25, 0.3) is 0 Å². The number of aliphatic hydroxyl groups excluding tert-OH is 1. The number of aryl methyl sites for hydroxylation is 1. The van der Waals surface area contributed by atoms with Crippen LogP contribution in [-0.2, 0) is 0 Å². The first-order chi connectivity index (χ1) is 12.1. The second-order valence-corrected chi connectivity index (χ2v) is 7.61. The lowest BCUT2D eigenvalue weighted by Gasteiger charge is -2.34. The number of rotatable bonds is 6. The fourth-order valence-electron chi connectivity index (χ4n) is 3.16. The average Bonchev–Trinajstić information content (AvgIpc) is 2.63. The molecule has 1 aliphatic heterocycles. The van der Waals surface area contributed by atoms with Crippen LogP contribution >= 0.6 is 15.9 Å². The van der Waals surface area contributed by atoms with Crippen molar-refractivity contribution in [2.45, 2.75) is 13.0 Å². The van der Waals surface area contributed by atoms with Crippen molar-refractivity contribution in [3.8, 4) is 5.75 Å². The summed E-state index contributed by atoms with van der Waals surface area (Å²) < 4.78 is 6.70. The van der Waals surface area contributed by atoms with Gasteiger partial charge in [0.1, 0.15) is 25.0 Å². The topological polar surface area (TPSA) is 37.1 Å². The van der Waals surface area contributed by atoms with E-state index in [1.54, 1.807) is 0 Å². The molecule has 0 spiro atoms. The summed E-state index contributed by atoms with van der Waals surface area (Å²) in [4.78, 5) is 3.86. The van der Waals surface area contributed by atoms with E-state index in [1.807, 2.05) is 24.3 Å². The molecule has 0 saturated carbocycles. The number of benzene rings is 2. The minimum Gasteiger partial charge on any atom is -0.491 e. The Hall–Kier alpha value is -1.56. The molecule has 25 heavy (non-hydrogen) atoms. The van der Waals surface area contributed by atoms with Gasteiger partial charge >= 0.3 is 0 Å². The van der Waals surface area contributed by atoms with Crippen molar-refractivity contribution in [1.29, 1.82) is 0 Å². The fourth-order valence-corrected chi connectivity index (χ4v) is 3.42. The van der Waals surface area contributed by atoms with E-state index in [0.29, 0.717) is 6.61 Å². The van der Waals surface area contributed by atoms with Gasteiger partial charge in [-0.1, -0.05) is 33.6 Å². The van der Waals surface area contributed by atoms with Crippen LogP contribution in [0.15, 0.2) is 53.0 Å². The first-order valence-corrected chi connectivity index (χ1v) is 9.61. The number of ether oxygens (including phenoxy) is 1. The van der Waals surface area contributed by atoms with Crippen LogP contribution in [0.2, 0.25) is 0 Å². The second-order valence-electron chi connectivity index (χ2n) is 6.70. The van der Waals surface area contributed by atoms with E-state index < -0.39 is 6.10 Å². The lowest BCUT2D eigenvalue weighted by molar-refractivity contribution is -0.903. The lowest BCUT2D eigenvalue weighted by atomic mass is 10.2. The van der Waals surface area contributed by atoms with E-state index >= 15 is 0 Å². The number of quaternary nitrogens is 1. The van der Waals surface area contributed by atoms with E-state index in [0.717, 1.165) is 42.9 Å². The summed E-state index contributed by atoms with van der Waals surface area (Å²) in [6, 6.07) is 16.4. The minimum absolute atomic E-state index is 0.340. The van der Waals surface area contributed by atoms with Gasteiger partial charge in [0.05, 0.1) is 26.2 Å². The van der Waals surface area contributed by atoms with Crippen molar-refractivity contribution < 1.29 is 14.7 Å². The molecular weight excluding hydrogens is 380 g/mol. The van der Waals surface area contributed by atoms with Gasteiger partial charge in [0.15, 0.2) is 0 Å². The Balaban J connectivity index is 1.40. The van der Waals surface area contributed by atoms with E-state index in [1.165, 1.54) is 16.2 Å². The maximum atomic E-state index is 10.3. The molecule has 0 bridgehead atoms. The highest BCUT2D eigenvalue weighted by molar-refractivity contribution is 9.10. The van der Waals surface area contributed by atoms with Gasteiger partial charge in [-0.05, 0) is 43.3 Å². The Bertz CT molecular complexity index is 652. The Kier molecular flexibility index (Phi) is 6.34. The molecule has 0 aliphatic carbocycles. The summed E-state index contributed by atoms with van der Waals surface area (Å²) in [5.41, 5.74) is 2.59. The molecule has 2 N–H and O–H groups in total. The monoisotopic (exact) mass is 405 g/mol. The first-order valence-electron chi connectivity index (χ1n) is 8.82. The number of piperazine rings is 1. The summed E-state index contributed by atoms with van der Waals surface area (Å²) in [6.07, 6.45) is -0.440. The van der Waals surface area contributed by atoms with Gasteiger partial charge in [0, 0.05) is 10.2 Å². The largest absolute Gasteiger partial charge is 0.491 e. The predicted molar refractivity (Wildman–Crippen MR) is 105 cm³/mol. The SMILES string of the molecule is Cc1ccc(N2CC[NH+](CC(O)COc3ccc(Br)cc3)CC2)cc1. The van der Waals surface area contributed by atoms with Crippen LogP contribution in [-0.4, -0.2) is 50.5 Å². The first kappa shape index (κ1) is 18.2. The molecule has 3 rings (SSSR count). The van der Waals surface area contributed by atoms with Crippen LogP contribution in [0.5, 0.6) is 5.75 Å². The molecule has 1 atom stereocenters. The summed E-state index contributed by atoms with van der Waals surface area (Å²) in [5.74, 6) is 0.793. The van der Waals surface area contributed by atoms with Crippen LogP contribution in [0.1, 0.15) is 5.56 Å². The van der Waals surface area contributed by atoms with Crippen LogP contribution in [0.3, 0.4) is 0 Å². The number of nitrogens with zero attached hydrogens (tertiary/aromatic N) is 1. The quantitative estimate of drug-likeness (QED) is 0.770. The molecule has 1 saturated heterocycles. The molecule has 1 unspecified atom stereocenters. The van der Waals surface area contributed by atoms with E-state index in [9.17, 15) is 5.11 Å². The van der Waals surface area contributed by atoms with Gasteiger partial charge in [-0.3, -0.25) is 0 Å². The normalized spacial score (nSPS) is 16.7. The van der Waals surface area contributed by atoms with Crippen LogP contribution in [0.4, 0.5) is 5.69 Å². The van der Waals surface area contributed by atoms with Crippen molar-refractivity contribution in [3.05, 3.63) is 58.6 Å². The van der Waals surface area contributed by atoms with Crippen molar-refractivity contribution in [2.24, 2.45) is 0 Å². The molecule has 0 amide bonds. The number of hydrogen-bond donors (Lipinski definition) is 2. The number of anilines is 1. The molecule has 0 aromatic heterocycles. The van der Waals surface area contributed by atoms with Crippen LogP contribution in [0, 0.1) is 6.92 Å². The maximum absolute atomic E-state index is 10.3. The Morgan fingerprint density at radius 3 is 2.36 bits per heavy atom. The van der Waals surface area contributed by atoms with Crippen LogP contribution in [0.25, 0.3) is 0 Å². The van der Waals surface area contributed by atoms with Gasteiger partial charge in [0.2, 0.25) is 0 Å². The van der Waals surface area contributed by atoms with E-state index in [-0.39, 0.29) is 0 Å². The second kappa shape index (κ2) is 8.70. The molecular formula is C20H26BrN2O2+. The zero-order valence-corrected chi connectivity index (χ0v) is 16.2. The summed E-state index contributed by atoms with van der Waals surface area (Å²) >= 11 is 3.40. The number of nitrogens with one attached hydrogen (secondary N) is 1. The lowest BCUT2D eigenvalue weighted by Crippen LogP contribution is -3.16. The Morgan fingerprint density at radius 1 is 1.08 bits per heavy atom. The summed E-state index contributed by atoms with van der Waals surface area (Å²) in [7, 11) is 0. The number of halogens is 1. The van der Waals surface area contributed by atoms with E-state index in [2.05, 4.69) is 52.0 Å². The number of aliphatic hydroxyl groups is 1. The fraction of sp³-hybridized carbons (Fsp3) is 0.400. The van der Waals surface area contributed by atoms with Gasteiger partial charge in [-0.2, -0.15) is 0 Å². The standard InChI is InChI=1S/C20H25BrN2O2/c1-16-2-6-18(7-3-16)23-12-10-22(11-13-23)14-19(24)15-25-20-8-4-17(21)5-9-20/h2-9,19,24H,10-15H2,1H3/p+1. The molecule has 1 aliphatic rings. The van der Waals surface area contributed by atoms with Gasteiger partial charge in [-0.25, -0.2) is 0 Å². The predicted octanol–water partition coefficient (Wildman–Crippen LogP) is 1.90. The molecule has 4 nitrogen and oxygen atoms in total. The Morgan fingerprint density at radius 2 is 1.72 bits per heavy atom. The number of hydrogen-bond acceptors (Lipinski definition) is 3. The molecule has 2 aromatic rings. The molecule has 0 radical (unpaired) electrons. The molecule has 134 valence electrons. The highest BCUT2D eigenvalue weighted by Crippen LogP contribution is 2.16. The van der Waals surface area contributed by atoms with Crippen molar-refractivity contribution in [1.82, 2.24) is 0 Å². The molecule has 1 heterocycles. The van der Waals surface area contributed by atoms with Gasteiger partial charge in [-0.15, -0.1) is 0 Å². The zero-order chi connectivity index (χ0) is 17.6. The summed E-state index contributed by atoms with van der Waals surface area (Å²) in [5, 5.41) is 10.3. The molecule has 2 aromatic carbocycles. The molecule has 1 fully saturated rings. The maximum Gasteiger partial charge on any atom is 0.137 e. The third-order valence-corrected chi connectivity index (χ3v) is 5.18. The van der Waals surface area contributed by atoms with Crippen LogP contribution < -0.4 is 14.5 Å². The Labute approximate surface area is 158 Å². The van der Waals surface area contributed by atoms with Gasteiger partial charge < -0.3 is 19.6 Å². The minimum atomic E-state index is -0.440. The van der Waals surface area contributed by atoms with Crippen molar-refractivity contribution in [3.63, 3.8) is 0 Å². The third kappa shape index (κ3) is 5.46. The third-order valence-electron chi connectivity index (χ3n) is 4.65. The molecule has 5 heteroatoms. The zero-order valence-electron chi connectivity index (χ0n) is 14.6. The smallest absolute Gasteiger partial charge is 0.137 e. The van der Waals surface area contributed by atoms with E-state index in [4.69, 9.17) is 4.74 Å². The van der Waals surface area contributed by atoms with Crippen molar-refractivity contribution >= 4 is 21.6 Å². The van der Waals surface area contributed by atoms with Crippen molar-refractivity contribution in [2.75, 3.05) is 44.2 Å². The highest BCUT2D eigenvalue weighted by Gasteiger charge is 2.22. The highest BCUT2D eigenvalue weighted by atomic mass is 79.9. The average molecular weight is 406 g/mol. The summed E-state index contributed by atoms with van der Waals surface area (Å²) in [6.45, 7) is 7.33.